The number of nitrogens with zero attached hydrogens (tertiary/aromatic N) is 1. The van der Waals surface area contributed by atoms with Crippen molar-refractivity contribution in [1.82, 2.24) is 4.98 Å². The van der Waals surface area contributed by atoms with Gasteiger partial charge in [-0.1, -0.05) is 36.4 Å². The summed E-state index contributed by atoms with van der Waals surface area (Å²) in [6.45, 7) is 0. The maximum absolute atomic E-state index is 6.30. The van der Waals surface area contributed by atoms with E-state index in [4.69, 9.17) is 10.5 Å². The molecule has 3 rings (SSSR count). The molecule has 0 radical (unpaired) electrons. The van der Waals surface area contributed by atoms with E-state index in [1.54, 1.807) is 7.11 Å². The average molecular weight is 264 g/mol. The van der Waals surface area contributed by atoms with Gasteiger partial charge >= 0.3 is 0 Å². The monoisotopic (exact) mass is 264 g/mol. The summed E-state index contributed by atoms with van der Waals surface area (Å²) in [5.74, 6) is 0.826. The Labute approximate surface area is 118 Å². The minimum absolute atomic E-state index is 0.231. The molecule has 0 spiro atoms. The van der Waals surface area contributed by atoms with Crippen molar-refractivity contribution >= 4 is 10.9 Å². The molecule has 3 heteroatoms. The van der Waals surface area contributed by atoms with Gasteiger partial charge in [0.2, 0.25) is 0 Å². The number of benzene rings is 2. The zero-order chi connectivity index (χ0) is 13.9. The van der Waals surface area contributed by atoms with Crippen molar-refractivity contribution in [2.24, 2.45) is 5.73 Å². The van der Waals surface area contributed by atoms with Crippen LogP contribution >= 0.6 is 0 Å². The van der Waals surface area contributed by atoms with Crippen LogP contribution in [-0.4, -0.2) is 12.1 Å². The van der Waals surface area contributed by atoms with Gasteiger partial charge in [0.1, 0.15) is 5.75 Å². The summed E-state index contributed by atoms with van der Waals surface area (Å²) in [7, 11) is 1.65. The molecule has 0 aliphatic heterocycles. The third-order valence-electron chi connectivity index (χ3n) is 3.41. The average Bonchev–Trinajstić information content (AvgIpc) is 2.54. The number of ether oxygens (including phenoxy) is 1. The lowest BCUT2D eigenvalue weighted by Crippen LogP contribution is -2.13. The first-order valence-electron chi connectivity index (χ1n) is 6.53. The topological polar surface area (TPSA) is 48.1 Å². The minimum atomic E-state index is -0.231. The van der Waals surface area contributed by atoms with E-state index in [9.17, 15) is 0 Å². The SMILES string of the molecule is COc1ccc(C(N)c2ccc3ccccc3n2)cc1. The molecule has 3 nitrogen and oxygen atoms in total. The Morgan fingerprint density at radius 3 is 2.45 bits per heavy atom. The number of pyridine rings is 1. The zero-order valence-electron chi connectivity index (χ0n) is 11.3. The molecule has 0 bridgehead atoms. The lowest BCUT2D eigenvalue weighted by Gasteiger charge is -2.13. The van der Waals surface area contributed by atoms with E-state index in [1.807, 2.05) is 54.6 Å². The fraction of sp³-hybridized carbons (Fsp3) is 0.118. The van der Waals surface area contributed by atoms with Crippen LogP contribution in [0.15, 0.2) is 60.7 Å². The summed E-state index contributed by atoms with van der Waals surface area (Å²) in [4.78, 5) is 4.64. The number of aromatic nitrogens is 1. The molecule has 1 aromatic heterocycles. The smallest absolute Gasteiger partial charge is 0.118 e. The highest BCUT2D eigenvalue weighted by Gasteiger charge is 2.11. The fourth-order valence-corrected chi connectivity index (χ4v) is 2.24. The number of methoxy groups -OCH3 is 1. The molecule has 0 saturated heterocycles. The van der Waals surface area contributed by atoms with E-state index in [-0.39, 0.29) is 6.04 Å². The van der Waals surface area contributed by atoms with Gasteiger partial charge < -0.3 is 10.5 Å². The highest BCUT2D eigenvalue weighted by atomic mass is 16.5. The van der Waals surface area contributed by atoms with Gasteiger partial charge in [-0.3, -0.25) is 4.98 Å². The van der Waals surface area contributed by atoms with Crippen LogP contribution in [0, 0.1) is 0 Å². The van der Waals surface area contributed by atoms with Crippen LogP contribution in [0.25, 0.3) is 10.9 Å². The van der Waals surface area contributed by atoms with Gasteiger partial charge in [-0.25, -0.2) is 0 Å². The molecule has 0 aliphatic rings. The molecule has 2 aromatic carbocycles. The van der Waals surface area contributed by atoms with Crippen molar-refractivity contribution < 1.29 is 4.74 Å². The lowest BCUT2D eigenvalue weighted by atomic mass is 10.0. The van der Waals surface area contributed by atoms with Crippen molar-refractivity contribution in [2.45, 2.75) is 6.04 Å². The predicted octanol–water partition coefficient (Wildman–Crippen LogP) is 3.29. The summed E-state index contributed by atoms with van der Waals surface area (Å²) in [6, 6.07) is 19.6. The number of para-hydroxylation sites is 1. The molecule has 1 heterocycles. The van der Waals surface area contributed by atoms with Crippen molar-refractivity contribution in [3.63, 3.8) is 0 Å². The highest BCUT2D eigenvalue weighted by molar-refractivity contribution is 5.78. The third-order valence-corrected chi connectivity index (χ3v) is 3.41. The summed E-state index contributed by atoms with van der Waals surface area (Å²) in [5.41, 5.74) is 9.15. The summed E-state index contributed by atoms with van der Waals surface area (Å²) in [6.07, 6.45) is 0. The van der Waals surface area contributed by atoms with Crippen molar-refractivity contribution in [3.05, 3.63) is 71.9 Å². The molecule has 0 amide bonds. The fourth-order valence-electron chi connectivity index (χ4n) is 2.24. The molecule has 0 aliphatic carbocycles. The molecule has 1 unspecified atom stereocenters. The van der Waals surface area contributed by atoms with E-state index in [0.717, 1.165) is 27.9 Å². The van der Waals surface area contributed by atoms with Crippen LogP contribution in [0.2, 0.25) is 0 Å². The Bertz CT molecular complexity index is 722. The van der Waals surface area contributed by atoms with Gasteiger partial charge in [-0.05, 0) is 29.8 Å². The van der Waals surface area contributed by atoms with Crippen molar-refractivity contribution in [2.75, 3.05) is 7.11 Å². The molecule has 100 valence electrons. The van der Waals surface area contributed by atoms with Crippen LogP contribution in [0.5, 0.6) is 5.75 Å². The zero-order valence-corrected chi connectivity index (χ0v) is 11.3. The first-order valence-corrected chi connectivity index (χ1v) is 6.53. The third kappa shape index (κ3) is 2.36. The number of hydrogen-bond donors (Lipinski definition) is 1. The number of nitrogens with two attached hydrogens (primary N) is 1. The Morgan fingerprint density at radius 2 is 1.70 bits per heavy atom. The van der Waals surface area contributed by atoms with Crippen LogP contribution in [0.1, 0.15) is 17.3 Å². The second-order valence-electron chi connectivity index (χ2n) is 4.68. The molecule has 20 heavy (non-hydrogen) atoms. The molecular formula is C17H16N2O. The summed E-state index contributed by atoms with van der Waals surface area (Å²) < 4.78 is 5.16. The first kappa shape index (κ1) is 12.6. The molecule has 1 atom stereocenters. The number of hydrogen-bond acceptors (Lipinski definition) is 3. The molecular weight excluding hydrogens is 248 g/mol. The van der Waals surface area contributed by atoms with Gasteiger partial charge in [-0.2, -0.15) is 0 Å². The summed E-state index contributed by atoms with van der Waals surface area (Å²) >= 11 is 0. The van der Waals surface area contributed by atoms with Crippen LogP contribution in [0.3, 0.4) is 0 Å². The largest absolute Gasteiger partial charge is 0.497 e. The Hall–Kier alpha value is -2.39. The normalized spacial score (nSPS) is 12.3. The van der Waals surface area contributed by atoms with Gasteiger partial charge in [0.25, 0.3) is 0 Å². The predicted molar refractivity (Wildman–Crippen MR) is 80.8 cm³/mol. The molecule has 3 aromatic rings. The van der Waals surface area contributed by atoms with Gasteiger partial charge in [0, 0.05) is 5.39 Å². The van der Waals surface area contributed by atoms with Gasteiger partial charge in [0.15, 0.2) is 0 Å². The van der Waals surface area contributed by atoms with E-state index in [0.29, 0.717) is 0 Å². The highest BCUT2D eigenvalue weighted by Crippen LogP contribution is 2.22. The number of rotatable bonds is 3. The lowest BCUT2D eigenvalue weighted by molar-refractivity contribution is 0.414. The van der Waals surface area contributed by atoms with Crippen LogP contribution < -0.4 is 10.5 Å². The van der Waals surface area contributed by atoms with Crippen molar-refractivity contribution in [1.29, 1.82) is 0 Å². The maximum atomic E-state index is 6.30. The van der Waals surface area contributed by atoms with Crippen LogP contribution in [-0.2, 0) is 0 Å². The second-order valence-corrected chi connectivity index (χ2v) is 4.68. The Kier molecular flexibility index (Phi) is 3.35. The van der Waals surface area contributed by atoms with Crippen LogP contribution in [0.4, 0.5) is 0 Å². The summed E-state index contributed by atoms with van der Waals surface area (Å²) in [5, 5.41) is 1.12. The first-order chi connectivity index (χ1) is 9.78. The molecule has 0 saturated carbocycles. The minimum Gasteiger partial charge on any atom is -0.497 e. The van der Waals surface area contributed by atoms with E-state index >= 15 is 0 Å². The molecule has 2 N–H and O–H groups in total. The standard InChI is InChI=1S/C17H16N2O/c1-20-14-9-6-13(7-10-14)17(18)16-11-8-12-4-2-3-5-15(12)19-16/h2-11,17H,18H2,1H3. The van der Waals surface area contributed by atoms with Gasteiger partial charge in [0.05, 0.1) is 24.4 Å². The number of fused-ring (bicyclic) bond motifs is 1. The Balaban J connectivity index is 1.96. The molecule has 0 fully saturated rings. The van der Waals surface area contributed by atoms with E-state index < -0.39 is 0 Å². The van der Waals surface area contributed by atoms with E-state index in [2.05, 4.69) is 11.1 Å². The quantitative estimate of drug-likeness (QED) is 0.789. The Morgan fingerprint density at radius 1 is 0.950 bits per heavy atom. The van der Waals surface area contributed by atoms with E-state index in [1.165, 1.54) is 0 Å². The maximum Gasteiger partial charge on any atom is 0.118 e. The van der Waals surface area contributed by atoms with Gasteiger partial charge in [-0.15, -0.1) is 0 Å². The second kappa shape index (κ2) is 5.31. The van der Waals surface area contributed by atoms with Crippen molar-refractivity contribution in [3.8, 4) is 5.75 Å².